The molecule has 11 nitrogen and oxygen atoms in total. The zero-order valence-electron chi connectivity index (χ0n) is 27.6. The Morgan fingerprint density at radius 3 is 2.38 bits per heavy atom. The number of amides is 1. The van der Waals surface area contributed by atoms with Gasteiger partial charge in [-0.1, -0.05) is 20.8 Å². The third kappa shape index (κ3) is 9.29. The van der Waals surface area contributed by atoms with Crippen molar-refractivity contribution in [2.24, 2.45) is 11.1 Å². The van der Waals surface area contributed by atoms with Crippen molar-refractivity contribution in [3.8, 4) is 5.69 Å². The number of carbonyl (C=O) groups excluding carboxylic acids is 4. The average molecular weight is 646 g/mol. The monoisotopic (exact) mass is 645 g/mol. The number of aromatic nitrogens is 2. The minimum Gasteiger partial charge on any atom is -1.00 e. The van der Waals surface area contributed by atoms with Crippen LogP contribution in [0.5, 0.6) is 0 Å². The van der Waals surface area contributed by atoms with Crippen molar-refractivity contribution in [1.82, 2.24) is 9.78 Å². The van der Waals surface area contributed by atoms with Crippen LogP contribution in [-0.2, 0) is 31.9 Å². The molecule has 1 saturated carbocycles. The molecule has 4 rings (SSSR count). The number of fused-ring (bicyclic) bond motifs is 1. The number of ketones is 1. The van der Waals surface area contributed by atoms with Crippen molar-refractivity contribution in [3.05, 3.63) is 40.7 Å². The summed E-state index contributed by atoms with van der Waals surface area (Å²) in [5.74, 6) is -1.21. The number of aryl methyl sites for hydroxylation is 1. The van der Waals surface area contributed by atoms with Crippen molar-refractivity contribution in [2.45, 2.75) is 97.3 Å². The number of benzene rings is 1. The number of quaternary nitrogens is 1. The largest absolute Gasteiger partial charge is 1.00 e. The summed E-state index contributed by atoms with van der Waals surface area (Å²) in [4.78, 5) is 49.7. The Labute approximate surface area is 272 Å². The van der Waals surface area contributed by atoms with E-state index in [0.29, 0.717) is 48.0 Å². The molecule has 1 atom stereocenters. The summed E-state index contributed by atoms with van der Waals surface area (Å²) < 4.78 is 13.5. The standard InChI is InChI=1S/C33H47N5O6.ClH/c1-8-26-31-28(17-33(3,4)18-29(31)40)37(36-26)22-11-14-25(32(34)42)27(15-22)35-21-9-12-23(13-10-21)44-30(41)16-24(43-20(2)39)19-38(5,6)7;/h11,14-15,21,23-24H,8-10,12-13,16-19H2,1-7H3,(H2-,34,35,42);1H/t21-,23-,24?;. The highest BCUT2D eigenvalue weighted by atomic mass is 35.5. The summed E-state index contributed by atoms with van der Waals surface area (Å²) in [5.41, 5.74) is 9.75. The molecule has 12 heteroatoms. The fourth-order valence-corrected chi connectivity index (χ4v) is 6.44. The molecule has 0 saturated heterocycles. The van der Waals surface area contributed by atoms with Crippen molar-refractivity contribution in [3.63, 3.8) is 0 Å². The van der Waals surface area contributed by atoms with Gasteiger partial charge in [0.15, 0.2) is 11.9 Å². The number of likely N-dealkylation sites (N-methyl/N-ethyl adjacent to an activating group) is 1. The normalized spacial score (nSPS) is 19.9. The molecule has 0 aliphatic heterocycles. The number of Topliss-reactive ketones (excluding diaryl/α,β-unsaturated/α-hetero) is 1. The molecule has 1 heterocycles. The second-order valence-electron chi connectivity index (χ2n) is 14.1. The Bertz CT molecular complexity index is 1420. The first-order valence-electron chi connectivity index (χ1n) is 15.6. The molecule has 1 amide bonds. The predicted molar refractivity (Wildman–Crippen MR) is 167 cm³/mol. The maximum absolute atomic E-state index is 13.1. The van der Waals surface area contributed by atoms with Crippen LogP contribution in [0.1, 0.15) is 98.3 Å². The maximum Gasteiger partial charge on any atom is 0.310 e. The fourth-order valence-electron chi connectivity index (χ4n) is 6.44. The highest BCUT2D eigenvalue weighted by molar-refractivity contribution is 6.00. The second-order valence-corrected chi connectivity index (χ2v) is 14.1. The highest BCUT2D eigenvalue weighted by Crippen LogP contribution is 2.38. The fraction of sp³-hybridized carbons (Fsp3) is 0.606. The van der Waals surface area contributed by atoms with Crippen LogP contribution in [0.25, 0.3) is 5.69 Å². The SMILES string of the molecule is CCc1nn(-c2ccc(C(N)=O)c(N[C@H]3CC[C@H](OC(=O)CC(C[N+](C)(C)C)OC(C)=O)CC3)c2)c2c1C(=O)CC(C)(C)C2.[Cl-]. The number of hydrogen-bond donors (Lipinski definition) is 2. The van der Waals surface area contributed by atoms with Gasteiger partial charge in [0.1, 0.15) is 12.6 Å². The number of halogens is 1. The first kappa shape index (κ1) is 36.0. The Morgan fingerprint density at radius 1 is 1.13 bits per heavy atom. The van der Waals surface area contributed by atoms with E-state index in [1.165, 1.54) is 6.92 Å². The number of nitrogens with one attached hydrogen (secondary N) is 1. The molecule has 2 aromatic rings. The zero-order valence-corrected chi connectivity index (χ0v) is 28.3. The van der Waals surface area contributed by atoms with Crippen LogP contribution >= 0.6 is 0 Å². The van der Waals surface area contributed by atoms with Gasteiger partial charge < -0.3 is 37.4 Å². The molecule has 0 bridgehead atoms. The molecule has 0 radical (unpaired) electrons. The Kier molecular flexibility index (Phi) is 11.5. The van der Waals surface area contributed by atoms with Crippen LogP contribution < -0.4 is 23.5 Å². The zero-order chi connectivity index (χ0) is 32.4. The number of nitrogens with zero attached hydrogens (tertiary/aromatic N) is 3. The van der Waals surface area contributed by atoms with Crippen LogP contribution in [0, 0.1) is 5.41 Å². The summed E-state index contributed by atoms with van der Waals surface area (Å²) >= 11 is 0. The van der Waals surface area contributed by atoms with Gasteiger partial charge in [0.25, 0.3) is 5.91 Å². The van der Waals surface area contributed by atoms with Crippen LogP contribution in [0.3, 0.4) is 0 Å². The predicted octanol–water partition coefficient (Wildman–Crippen LogP) is 0.987. The molecule has 2 aliphatic rings. The summed E-state index contributed by atoms with van der Waals surface area (Å²) in [6, 6.07) is 5.46. The number of primary amides is 1. The highest BCUT2D eigenvalue weighted by Gasteiger charge is 2.36. The maximum atomic E-state index is 13.1. The van der Waals surface area contributed by atoms with Crippen LogP contribution in [0.4, 0.5) is 5.69 Å². The van der Waals surface area contributed by atoms with Gasteiger partial charge >= 0.3 is 11.9 Å². The van der Waals surface area contributed by atoms with E-state index in [1.807, 2.05) is 44.9 Å². The molecular formula is C33H48ClN5O6. The van der Waals surface area contributed by atoms with E-state index < -0.39 is 18.0 Å². The number of esters is 2. The van der Waals surface area contributed by atoms with Gasteiger partial charge in [0.2, 0.25) is 0 Å². The van der Waals surface area contributed by atoms with E-state index in [0.717, 1.165) is 41.9 Å². The summed E-state index contributed by atoms with van der Waals surface area (Å²) in [7, 11) is 5.92. The van der Waals surface area contributed by atoms with Gasteiger partial charge in [0, 0.05) is 25.1 Å². The number of anilines is 1. The number of rotatable bonds is 11. The minimum atomic E-state index is -0.546. The van der Waals surface area contributed by atoms with Gasteiger partial charge in [0.05, 0.1) is 55.8 Å². The van der Waals surface area contributed by atoms with Crippen molar-refractivity contribution < 1.29 is 45.5 Å². The lowest BCUT2D eigenvalue weighted by Crippen LogP contribution is -3.00. The van der Waals surface area contributed by atoms with E-state index in [2.05, 4.69) is 19.2 Å². The molecule has 2 aliphatic carbocycles. The minimum absolute atomic E-state index is 0. The number of nitrogens with two attached hydrogens (primary N) is 1. The van der Waals surface area contributed by atoms with E-state index in [-0.39, 0.29) is 48.1 Å². The third-order valence-corrected chi connectivity index (χ3v) is 8.28. The van der Waals surface area contributed by atoms with Crippen molar-refractivity contribution in [1.29, 1.82) is 0 Å². The van der Waals surface area contributed by atoms with E-state index >= 15 is 0 Å². The van der Waals surface area contributed by atoms with Crippen LogP contribution in [0.15, 0.2) is 18.2 Å². The number of ether oxygens (including phenoxy) is 2. The van der Waals surface area contributed by atoms with Gasteiger partial charge in [-0.3, -0.25) is 19.2 Å². The molecule has 0 spiro atoms. The van der Waals surface area contributed by atoms with Crippen LogP contribution in [0.2, 0.25) is 0 Å². The molecule has 1 unspecified atom stereocenters. The van der Waals surface area contributed by atoms with Crippen molar-refractivity contribution >= 4 is 29.3 Å². The summed E-state index contributed by atoms with van der Waals surface area (Å²) in [6.45, 7) is 8.03. The van der Waals surface area contributed by atoms with Crippen molar-refractivity contribution in [2.75, 3.05) is 33.0 Å². The first-order valence-corrected chi connectivity index (χ1v) is 15.6. The lowest BCUT2D eigenvalue weighted by atomic mass is 9.75. The molecule has 1 aromatic carbocycles. The quantitative estimate of drug-likeness (QED) is 0.272. The van der Waals surface area contributed by atoms with E-state index in [4.69, 9.17) is 20.3 Å². The smallest absolute Gasteiger partial charge is 0.310 e. The van der Waals surface area contributed by atoms with Gasteiger partial charge in [-0.15, -0.1) is 0 Å². The number of hydrogen-bond acceptors (Lipinski definition) is 8. The van der Waals surface area contributed by atoms with Gasteiger partial charge in [-0.2, -0.15) is 5.10 Å². The third-order valence-electron chi connectivity index (χ3n) is 8.28. The molecule has 248 valence electrons. The Hall–Kier alpha value is -3.44. The summed E-state index contributed by atoms with van der Waals surface area (Å²) in [5, 5.41) is 8.34. The average Bonchev–Trinajstić information content (AvgIpc) is 3.26. The van der Waals surface area contributed by atoms with Crippen LogP contribution in [-0.4, -0.2) is 83.8 Å². The van der Waals surface area contributed by atoms with Gasteiger partial charge in [-0.05, 0) is 62.1 Å². The molecule has 1 fully saturated rings. The molecule has 45 heavy (non-hydrogen) atoms. The first-order chi connectivity index (χ1) is 20.5. The van der Waals surface area contributed by atoms with E-state index in [9.17, 15) is 19.2 Å². The molecule has 1 aromatic heterocycles. The van der Waals surface area contributed by atoms with E-state index in [1.54, 1.807) is 6.07 Å². The molecular weight excluding hydrogens is 598 g/mol. The Morgan fingerprint density at radius 2 is 1.80 bits per heavy atom. The Balaban J connectivity index is 0.00000552. The lowest BCUT2D eigenvalue weighted by Gasteiger charge is -2.31. The lowest BCUT2D eigenvalue weighted by molar-refractivity contribution is -0.873. The number of carbonyl (C=O) groups is 4. The van der Waals surface area contributed by atoms with Gasteiger partial charge in [-0.25, -0.2) is 4.68 Å². The second kappa shape index (κ2) is 14.3. The topological polar surface area (TPSA) is 143 Å². The summed E-state index contributed by atoms with van der Waals surface area (Å²) in [6.07, 6.45) is 3.89. The molecule has 3 N–H and O–H groups in total.